The lowest BCUT2D eigenvalue weighted by Crippen LogP contribution is -2.25. The largest absolute Gasteiger partial charge is 0.482 e. The number of rotatable bonds is 3. The Morgan fingerprint density at radius 3 is 2.58 bits per heavy atom. The number of ether oxygens (including phenoxy) is 1. The van der Waals surface area contributed by atoms with E-state index in [2.05, 4.69) is 16.0 Å². The van der Waals surface area contributed by atoms with Crippen molar-refractivity contribution in [1.29, 1.82) is 0 Å². The number of anilines is 3. The summed E-state index contributed by atoms with van der Waals surface area (Å²) in [7, 11) is 0. The van der Waals surface area contributed by atoms with Gasteiger partial charge in [0.2, 0.25) is 5.91 Å². The van der Waals surface area contributed by atoms with Crippen LogP contribution in [0.2, 0.25) is 0 Å². The molecule has 0 atom stereocenters. The molecule has 3 N–H and O–H groups in total. The molecule has 3 amide bonds. The van der Waals surface area contributed by atoms with Crippen molar-refractivity contribution in [1.82, 2.24) is 0 Å². The van der Waals surface area contributed by atoms with Crippen molar-refractivity contribution >= 4 is 34.8 Å². The van der Waals surface area contributed by atoms with Crippen LogP contribution >= 0.6 is 0 Å². The lowest BCUT2D eigenvalue weighted by atomic mass is 10.1. The second-order valence-electron chi connectivity index (χ2n) is 5.26. The molecule has 1 heterocycles. The molecule has 7 heteroatoms. The second kappa shape index (κ2) is 6.41. The molecule has 1 aliphatic heterocycles. The van der Waals surface area contributed by atoms with Crippen molar-refractivity contribution in [2.75, 3.05) is 22.6 Å². The average Bonchev–Trinajstić information content (AvgIpc) is 2.53. The highest BCUT2D eigenvalue weighted by atomic mass is 16.5. The molecular formula is C17H15N3O4. The third-order valence-electron chi connectivity index (χ3n) is 3.32. The van der Waals surface area contributed by atoms with E-state index >= 15 is 0 Å². The summed E-state index contributed by atoms with van der Waals surface area (Å²) in [6.07, 6.45) is 0. The summed E-state index contributed by atoms with van der Waals surface area (Å²) in [6, 6.07) is 11.6. The molecule has 0 spiro atoms. The Hall–Kier alpha value is -3.35. The quantitative estimate of drug-likeness (QED) is 0.806. The first-order valence-corrected chi connectivity index (χ1v) is 7.27. The summed E-state index contributed by atoms with van der Waals surface area (Å²) in [6.45, 7) is 1.38. The van der Waals surface area contributed by atoms with Gasteiger partial charge in [0.15, 0.2) is 6.61 Å². The predicted octanol–water partition coefficient (Wildman–Crippen LogP) is 2.23. The van der Waals surface area contributed by atoms with E-state index in [1.807, 2.05) is 0 Å². The highest BCUT2D eigenvalue weighted by molar-refractivity contribution is 6.06. The first-order valence-electron chi connectivity index (χ1n) is 7.27. The van der Waals surface area contributed by atoms with E-state index in [9.17, 15) is 14.4 Å². The van der Waals surface area contributed by atoms with Crippen LogP contribution in [0.3, 0.4) is 0 Å². The Balaban J connectivity index is 1.77. The normalized spacial score (nSPS) is 12.5. The standard InChI is InChI=1S/C17H15N3O4/c1-10(21)18-12-3-2-4-13(8-12)19-17(23)11-5-6-15-14(7-11)20-16(22)9-24-15/h2-8H,9H2,1H3,(H,18,21)(H,19,23)(H,20,22). The fraction of sp³-hybridized carbons (Fsp3) is 0.118. The van der Waals surface area contributed by atoms with Gasteiger partial charge in [-0.15, -0.1) is 0 Å². The van der Waals surface area contributed by atoms with Gasteiger partial charge in [-0.25, -0.2) is 0 Å². The van der Waals surface area contributed by atoms with Crippen LogP contribution in [0, 0.1) is 0 Å². The van der Waals surface area contributed by atoms with E-state index in [1.54, 1.807) is 42.5 Å². The Morgan fingerprint density at radius 2 is 1.83 bits per heavy atom. The number of carbonyl (C=O) groups excluding carboxylic acids is 3. The second-order valence-corrected chi connectivity index (χ2v) is 5.26. The SMILES string of the molecule is CC(=O)Nc1cccc(NC(=O)c2ccc3c(c2)NC(=O)CO3)c1. The van der Waals surface area contributed by atoms with Gasteiger partial charge in [0.25, 0.3) is 11.8 Å². The third-order valence-corrected chi connectivity index (χ3v) is 3.32. The molecule has 0 saturated carbocycles. The van der Waals surface area contributed by atoms with Crippen molar-refractivity contribution < 1.29 is 19.1 Å². The lowest BCUT2D eigenvalue weighted by molar-refractivity contribution is -0.118. The van der Waals surface area contributed by atoms with Crippen molar-refractivity contribution in [2.45, 2.75) is 6.92 Å². The molecule has 24 heavy (non-hydrogen) atoms. The zero-order chi connectivity index (χ0) is 17.1. The lowest BCUT2D eigenvalue weighted by Gasteiger charge is -2.18. The van der Waals surface area contributed by atoms with Crippen LogP contribution in [-0.4, -0.2) is 24.3 Å². The van der Waals surface area contributed by atoms with E-state index in [-0.39, 0.29) is 24.3 Å². The van der Waals surface area contributed by atoms with Crippen LogP contribution < -0.4 is 20.7 Å². The number of hydrogen-bond acceptors (Lipinski definition) is 4. The van der Waals surface area contributed by atoms with E-state index < -0.39 is 0 Å². The summed E-state index contributed by atoms with van der Waals surface area (Å²) in [5.41, 5.74) is 1.98. The number of nitrogens with one attached hydrogen (secondary N) is 3. The first-order chi connectivity index (χ1) is 11.5. The van der Waals surface area contributed by atoms with Gasteiger partial charge in [0.1, 0.15) is 5.75 Å². The summed E-state index contributed by atoms with van der Waals surface area (Å²) in [5, 5.41) is 8.05. The molecule has 7 nitrogen and oxygen atoms in total. The molecule has 0 bridgehead atoms. The Kier molecular flexibility index (Phi) is 4.15. The van der Waals surface area contributed by atoms with Gasteiger partial charge in [0.05, 0.1) is 5.69 Å². The molecule has 0 aromatic heterocycles. The minimum absolute atomic E-state index is 0.0332. The van der Waals surface area contributed by atoms with Gasteiger partial charge in [-0.1, -0.05) is 6.07 Å². The zero-order valence-electron chi connectivity index (χ0n) is 12.9. The van der Waals surface area contributed by atoms with Gasteiger partial charge in [-0.2, -0.15) is 0 Å². The van der Waals surface area contributed by atoms with Crippen LogP contribution in [0.5, 0.6) is 5.75 Å². The van der Waals surface area contributed by atoms with E-state index in [4.69, 9.17) is 4.74 Å². The molecule has 0 aliphatic carbocycles. The summed E-state index contributed by atoms with van der Waals surface area (Å²) < 4.78 is 5.26. The van der Waals surface area contributed by atoms with Gasteiger partial charge >= 0.3 is 0 Å². The number of hydrogen-bond donors (Lipinski definition) is 3. The number of amides is 3. The fourth-order valence-electron chi connectivity index (χ4n) is 2.31. The topological polar surface area (TPSA) is 96.5 Å². The maximum Gasteiger partial charge on any atom is 0.262 e. The number of fused-ring (bicyclic) bond motifs is 1. The van der Waals surface area contributed by atoms with Crippen LogP contribution in [0.1, 0.15) is 17.3 Å². The smallest absolute Gasteiger partial charge is 0.262 e. The maximum absolute atomic E-state index is 12.4. The molecule has 2 aromatic rings. The van der Waals surface area contributed by atoms with Gasteiger partial charge < -0.3 is 20.7 Å². The van der Waals surface area contributed by atoms with Gasteiger partial charge in [-0.05, 0) is 36.4 Å². The molecule has 0 saturated heterocycles. The van der Waals surface area contributed by atoms with E-state index in [1.165, 1.54) is 6.92 Å². The summed E-state index contributed by atoms with van der Waals surface area (Å²) in [4.78, 5) is 34.8. The molecular weight excluding hydrogens is 310 g/mol. The molecule has 1 aliphatic rings. The number of benzene rings is 2. The average molecular weight is 325 g/mol. The highest BCUT2D eigenvalue weighted by Crippen LogP contribution is 2.28. The van der Waals surface area contributed by atoms with E-state index in [0.29, 0.717) is 28.4 Å². The summed E-state index contributed by atoms with van der Waals surface area (Å²) in [5.74, 6) is -0.261. The minimum Gasteiger partial charge on any atom is -0.482 e. The third kappa shape index (κ3) is 3.52. The van der Waals surface area contributed by atoms with Crippen molar-refractivity contribution in [3.8, 4) is 5.75 Å². The first kappa shape index (κ1) is 15.5. The maximum atomic E-state index is 12.4. The fourth-order valence-corrected chi connectivity index (χ4v) is 2.31. The minimum atomic E-state index is -0.336. The predicted molar refractivity (Wildman–Crippen MR) is 89.3 cm³/mol. The molecule has 3 rings (SSSR count). The van der Waals surface area contributed by atoms with Gasteiger partial charge in [0, 0.05) is 23.9 Å². The molecule has 0 radical (unpaired) electrons. The summed E-state index contributed by atoms with van der Waals surface area (Å²) >= 11 is 0. The van der Waals surface area contributed by atoms with Crippen molar-refractivity contribution in [3.63, 3.8) is 0 Å². The monoisotopic (exact) mass is 325 g/mol. The molecule has 122 valence electrons. The Bertz CT molecular complexity index is 832. The zero-order valence-corrected chi connectivity index (χ0v) is 12.9. The van der Waals surface area contributed by atoms with Crippen molar-refractivity contribution in [2.24, 2.45) is 0 Å². The van der Waals surface area contributed by atoms with Crippen LogP contribution in [-0.2, 0) is 9.59 Å². The van der Waals surface area contributed by atoms with Crippen LogP contribution in [0.25, 0.3) is 0 Å². The molecule has 0 unspecified atom stereocenters. The Labute approximate surface area is 138 Å². The number of carbonyl (C=O) groups is 3. The highest BCUT2D eigenvalue weighted by Gasteiger charge is 2.18. The van der Waals surface area contributed by atoms with Gasteiger partial charge in [-0.3, -0.25) is 14.4 Å². The van der Waals surface area contributed by atoms with Crippen molar-refractivity contribution in [3.05, 3.63) is 48.0 Å². The van der Waals surface area contributed by atoms with E-state index in [0.717, 1.165) is 0 Å². The van der Waals surface area contributed by atoms with Crippen LogP contribution in [0.15, 0.2) is 42.5 Å². The Morgan fingerprint density at radius 1 is 1.08 bits per heavy atom. The molecule has 2 aromatic carbocycles. The van der Waals surface area contributed by atoms with Crippen LogP contribution in [0.4, 0.5) is 17.1 Å². The molecule has 0 fully saturated rings.